The normalized spacial score (nSPS) is 11.4. The maximum Gasteiger partial charge on any atom is 0.0751 e. The van der Waals surface area contributed by atoms with Gasteiger partial charge in [0.15, 0.2) is 0 Å². The molecule has 0 spiro atoms. The lowest BCUT2D eigenvalue weighted by Gasteiger charge is -2.00. The highest BCUT2D eigenvalue weighted by atomic mass is 79.9. The number of aryl methyl sites for hydroxylation is 1. The average Bonchev–Trinajstić information content (AvgIpc) is 2.80. The fourth-order valence-corrected chi connectivity index (χ4v) is 5.18. The fourth-order valence-electron chi connectivity index (χ4n) is 1.96. The second-order valence-corrected chi connectivity index (χ2v) is 7.42. The third-order valence-corrected chi connectivity index (χ3v) is 5.92. The Labute approximate surface area is 114 Å². The number of thiophene rings is 2. The van der Waals surface area contributed by atoms with E-state index in [2.05, 4.69) is 34.3 Å². The van der Waals surface area contributed by atoms with E-state index in [-0.39, 0.29) is 0 Å². The first-order valence-corrected chi connectivity index (χ1v) is 8.46. The summed E-state index contributed by atoms with van der Waals surface area (Å²) in [5, 5.41) is 2.20. The second kappa shape index (κ2) is 6.18. The molecular weight excluding hydrogens is 300 g/mol. The molecule has 0 bridgehead atoms. The molecule has 16 heavy (non-hydrogen) atoms. The minimum Gasteiger partial charge on any atom is -0.143 e. The second-order valence-electron chi connectivity index (χ2n) is 4.13. The molecule has 0 aliphatic heterocycles. The van der Waals surface area contributed by atoms with Gasteiger partial charge in [0.2, 0.25) is 0 Å². The van der Waals surface area contributed by atoms with E-state index in [1.54, 1.807) is 5.56 Å². The van der Waals surface area contributed by atoms with Gasteiger partial charge in [-0.05, 0) is 45.8 Å². The average molecular weight is 317 g/mol. The fraction of sp³-hybridized carbons (Fsp3) is 0.538. The van der Waals surface area contributed by atoms with Crippen LogP contribution in [0.4, 0.5) is 0 Å². The van der Waals surface area contributed by atoms with E-state index in [1.165, 1.54) is 51.7 Å². The summed E-state index contributed by atoms with van der Waals surface area (Å²) in [6, 6.07) is 2.23. The van der Waals surface area contributed by atoms with Gasteiger partial charge in [-0.2, -0.15) is 0 Å². The molecule has 2 rings (SSSR count). The van der Waals surface area contributed by atoms with E-state index >= 15 is 0 Å². The van der Waals surface area contributed by atoms with E-state index in [1.807, 2.05) is 22.7 Å². The molecule has 2 heterocycles. The van der Waals surface area contributed by atoms with Crippen LogP contribution in [0.2, 0.25) is 0 Å². The number of fused-ring (bicyclic) bond motifs is 1. The Hall–Kier alpha value is 0.140. The number of halogens is 1. The Morgan fingerprint density at radius 2 is 2.00 bits per heavy atom. The maximum atomic E-state index is 3.70. The third-order valence-electron chi connectivity index (χ3n) is 2.87. The van der Waals surface area contributed by atoms with E-state index < -0.39 is 0 Å². The number of unbranched alkanes of at least 4 members (excludes halogenated alkanes) is 4. The van der Waals surface area contributed by atoms with Crippen molar-refractivity contribution in [2.45, 2.75) is 45.4 Å². The highest BCUT2D eigenvalue weighted by Crippen LogP contribution is 2.39. The monoisotopic (exact) mass is 316 g/mol. The van der Waals surface area contributed by atoms with Crippen molar-refractivity contribution in [3.8, 4) is 0 Å². The summed E-state index contributed by atoms with van der Waals surface area (Å²) < 4.78 is 4.30. The summed E-state index contributed by atoms with van der Waals surface area (Å²) in [6.45, 7) is 2.27. The molecule has 88 valence electrons. The Kier molecular flexibility index (Phi) is 4.86. The molecule has 2 aromatic heterocycles. The van der Waals surface area contributed by atoms with Gasteiger partial charge in [-0.1, -0.05) is 32.6 Å². The third kappa shape index (κ3) is 2.88. The van der Waals surface area contributed by atoms with Crippen molar-refractivity contribution < 1.29 is 0 Å². The van der Waals surface area contributed by atoms with Crippen LogP contribution in [-0.4, -0.2) is 0 Å². The van der Waals surface area contributed by atoms with E-state index in [4.69, 9.17) is 0 Å². The summed E-state index contributed by atoms with van der Waals surface area (Å²) in [5.41, 5.74) is 1.55. The highest BCUT2D eigenvalue weighted by molar-refractivity contribution is 9.11. The zero-order chi connectivity index (χ0) is 11.4. The van der Waals surface area contributed by atoms with Crippen LogP contribution < -0.4 is 0 Å². The van der Waals surface area contributed by atoms with Crippen LogP contribution in [-0.2, 0) is 6.42 Å². The lowest BCUT2D eigenvalue weighted by molar-refractivity contribution is 0.633. The van der Waals surface area contributed by atoms with Crippen LogP contribution in [0, 0.1) is 0 Å². The minimum absolute atomic E-state index is 1.24. The molecule has 0 aliphatic carbocycles. The van der Waals surface area contributed by atoms with E-state index in [0.717, 1.165) is 0 Å². The zero-order valence-corrected chi connectivity index (χ0v) is 12.8. The first kappa shape index (κ1) is 12.6. The van der Waals surface area contributed by atoms with Crippen molar-refractivity contribution in [1.82, 2.24) is 0 Å². The van der Waals surface area contributed by atoms with Gasteiger partial charge in [0.25, 0.3) is 0 Å². The van der Waals surface area contributed by atoms with Gasteiger partial charge in [0.05, 0.1) is 3.79 Å². The largest absolute Gasteiger partial charge is 0.143 e. The maximum absolute atomic E-state index is 3.70. The van der Waals surface area contributed by atoms with Gasteiger partial charge in [-0.25, -0.2) is 0 Å². The van der Waals surface area contributed by atoms with Gasteiger partial charge < -0.3 is 0 Å². The quantitative estimate of drug-likeness (QED) is 0.553. The van der Waals surface area contributed by atoms with Gasteiger partial charge >= 0.3 is 0 Å². The summed E-state index contributed by atoms with van der Waals surface area (Å²) in [4.78, 5) is 0. The van der Waals surface area contributed by atoms with Crippen LogP contribution in [0.25, 0.3) is 9.40 Å². The van der Waals surface area contributed by atoms with Gasteiger partial charge in [0.1, 0.15) is 0 Å². The molecular formula is C13H17BrS2. The number of hydrogen-bond acceptors (Lipinski definition) is 2. The first-order chi connectivity index (χ1) is 7.83. The van der Waals surface area contributed by atoms with Crippen molar-refractivity contribution in [3.05, 3.63) is 20.8 Å². The molecule has 0 saturated heterocycles. The van der Waals surface area contributed by atoms with Crippen LogP contribution in [0.15, 0.2) is 15.2 Å². The van der Waals surface area contributed by atoms with Crippen molar-refractivity contribution in [2.75, 3.05) is 0 Å². The van der Waals surface area contributed by atoms with Crippen molar-refractivity contribution in [2.24, 2.45) is 0 Å². The Bertz CT molecular complexity index is 442. The topological polar surface area (TPSA) is 0 Å². The molecule has 0 atom stereocenters. The SMILES string of the molecule is CCCCCCCc1c(Br)sc2ccsc12. The summed E-state index contributed by atoms with van der Waals surface area (Å²) >= 11 is 7.46. The summed E-state index contributed by atoms with van der Waals surface area (Å²) in [5.74, 6) is 0. The van der Waals surface area contributed by atoms with Crippen molar-refractivity contribution >= 4 is 48.0 Å². The molecule has 0 aromatic carbocycles. The molecule has 0 amide bonds. The predicted molar refractivity (Wildman–Crippen MR) is 79.9 cm³/mol. The Balaban J connectivity index is 1.93. The number of hydrogen-bond donors (Lipinski definition) is 0. The van der Waals surface area contributed by atoms with E-state index in [9.17, 15) is 0 Å². The van der Waals surface area contributed by atoms with Crippen molar-refractivity contribution in [3.63, 3.8) is 0 Å². The zero-order valence-electron chi connectivity index (χ0n) is 9.59. The van der Waals surface area contributed by atoms with Gasteiger partial charge in [0, 0.05) is 9.40 Å². The lowest BCUT2D eigenvalue weighted by Crippen LogP contribution is -1.84. The minimum atomic E-state index is 1.24. The smallest absolute Gasteiger partial charge is 0.0751 e. The standard InChI is InChI=1S/C13H17BrS2/c1-2-3-4-5-6-7-10-12-11(8-9-15-12)16-13(10)14/h8-9H,2-7H2,1H3. The highest BCUT2D eigenvalue weighted by Gasteiger charge is 2.10. The molecule has 0 unspecified atom stereocenters. The predicted octanol–water partition coefficient (Wildman–Crippen LogP) is 6.24. The molecule has 0 fully saturated rings. The van der Waals surface area contributed by atoms with E-state index in [0.29, 0.717) is 0 Å². The molecule has 0 aliphatic rings. The molecule has 0 N–H and O–H groups in total. The van der Waals surface area contributed by atoms with Crippen LogP contribution in [0.1, 0.15) is 44.6 Å². The van der Waals surface area contributed by atoms with Crippen LogP contribution in [0.5, 0.6) is 0 Å². The molecule has 0 radical (unpaired) electrons. The first-order valence-electron chi connectivity index (χ1n) is 5.97. The van der Waals surface area contributed by atoms with Crippen molar-refractivity contribution in [1.29, 1.82) is 0 Å². The molecule has 3 heteroatoms. The summed E-state index contributed by atoms with van der Waals surface area (Å²) in [6.07, 6.45) is 8.07. The van der Waals surface area contributed by atoms with Gasteiger partial charge in [-0.3, -0.25) is 0 Å². The Morgan fingerprint density at radius 1 is 1.19 bits per heavy atom. The molecule has 2 aromatic rings. The van der Waals surface area contributed by atoms with Crippen LogP contribution >= 0.6 is 38.6 Å². The summed E-state index contributed by atoms with van der Waals surface area (Å²) in [7, 11) is 0. The number of rotatable bonds is 6. The Morgan fingerprint density at radius 3 is 2.81 bits per heavy atom. The molecule has 0 nitrogen and oxygen atoms in total. The lowest BCUT2D eigenvalue weighted by atomic mass is 10.1. The van der Waals surface area contributed by atoms with Crippen LogP contribution in [0.3, 0.4) is 0 Å². The van der Waals surface area contributed by atoms with Gasteiger partial charge in [-0.15, -0.1) is 22.7 Å². The molecule has 0 saturated carbocycles.